The van der Waals surface area contributed by atoms with E-state index in [-0.39, 0.29) is 5.78 Å². The van der Waals surface area contributed by atoms with Gasteiger partial charge in [-0.1, -0.05) is 18.2 Å². The Balaban J connectivity index is 1.51. The molecule has 0 spiro atoms. The van der Waals surface area contributed by atoms with Gasteiger partial charge in [0.15, 0.2) is 5.78 Å². The number of carbonyl (C=O) groups is 2. The topological polar surface area (TPSA) is 84.0 Å². The Kier molecular flexibility index (Phi) is 4.94. The van der Waals surface area contributed by atoms with Gasteiger partial charge >= 0.3 is 6.03 Å². The summed E-state index contributed by atoms with van der Waals surface area (Å²) in [4.78, 5) is 33.4. The Hall–Kier alpha value is -4.13. The summed E-state index contributed by atoms with van der Waals surface area (Å²) in [5.41, 5.74) is 2.98. The number of hydrogen-bond acceptors (Lipinski definition) is 4. The Bertz CT molecular complexity index is 1230. The van der Waals surface area contributed by atoms with E-state index in [1.54, 1.807) is 60.9 Å². The summed E-state index contributed by atoms with van der Waals surface area (Å²) in [7, 11) is 0. The number of rotatable bonds is 4. The molecule has 1 aromatic heterocycles. The van der Waals surface area contributed by atoms with E-state index < -0.39 is 11.8 Å². The Morgan fingerprint density at radius 3 is 2.14 bits per heavy atom. The van der Waals surface area contributed by atoms with Crippen molar-refractivity contribution in [1.82, 2.24) is 9.97 Å². The zero-order valence-electron chi connectivity index (χ0n) is 15.1. The van der Waals surface area contributed by atoms with Crippen LogP contribution in [-0.2, 0) is 0 Å². The van der Waals surface area contributed by atoms with Crippen LogP contribution >= 0.6 is 0 Å². The molecule has 0 aliphatic rings. The molecular formula is C22H15FN4O2. The fraction of sp³-hybridized carbons (Fsp3) is 0. The second kappa shape index (κ2) is 7.85. The number of amides is 2. The Morgan fingerprint density at radius 2 is 1.38 bits per heavy atom. The molecule has 0 bridgehead atoms. The Morgan fingerprint density at radius 1 is 0.724 bits per heavy atom. The van der Waals surface area contributed by atoms with Crippen LogP contribution in [0.15, 0.2) is 79.1 Å². The van der Waals surface area contributed by atoms with E-state index in [1.807, 2.05) is 0 Å². The van der Waals surface area contributed by atoms with Gasteiger partial charge in [0.25, 0.3) is 0 Å². The highest BCUT2D eigenvalue weighted by molar-refractivity contribution is 6.11. The fourth-order valence-electron chi connectivity index (χ4n) is 2.87. The van der Waals surface area contributed by atoms with Crippen molar-refractivity contribution in [2.24, 2.45) is 0 Å². The molecular weight excluding hydrogens is 371 g/mol. The van der Waals surface area contributed by atoms with Crippen molar-refractivity contribution >= 4 is 34.2 Å². The number of nitrogens with zero attached hydrogens (tertiary/aromatic N) is 2. The number of benzene rings is 3. The molecule has 0 saturated heterocycles. The zero-order valence-corrected chi connectivity index (χ0v) is 15.1. The van der Waals surface area contributed by atoms with Crippen LogP contribution in [0.2, 0.25) is 0 Å². The van der Waals surface area contributed by atoms with Crippen molar-refractivity contribution in [3.05, 3.63) is 96.1 Å². The molecule has 2 N–H and O–H groups in total. The zero-order chi connectivity index (χ0) is 20.2. The van der Waals surface area contributed by atoms with Gasteiger partial charge in [-0.15, -0.1) is 0 Å². The number of halogens is 1. The average Bonchev–Trinajstić information content (AvgIpc) is 2.73. The molecule has 2 amide bonds. The minimum atomic E-state index is -0.541. The first-order valence-electron chi connectivity index (χ1n) is 8.77. The molecule has 4 aromatic rings. The van der Waals surface area contributed by atoms with Crippen molar-refractivity contribution in [2.45, 2.75) is 0 Å². The molecule has 0 atom stereocenters. The van der Waals surface area contributed by atoms with Crippen LogP contribution in [0, 0.1) is 5.82 Å². The minimum Gasteiger partial charge on any atom is -0.308 e. The molecule has 0 aliphatic heterocycles. The molecule has 3 aromatic carbocycles. The summed E-state index contributed by atoms with van der Waals surface area (Å²) in [6.07, 6.45) is 3.16. The monoisotopic (exact) mass is 386 g/mol. The van der Waals surface area contributed by atoms with Gasteiger partial charge in [-0.25, -0.2) is 9.18 Å². The van der Waals surface area contributed by atoms with E-state index in [1.165, 1.54) is 18.2 Å². The number of hydrogen-bond donors (Lipinski definition) is 2. The van der Waals surface area contributed by atoms with Crippen molar-refractivity contribution in [3.63, 3.8) is 0 Å². The van der Waals surface area contributed by atoms with Gasteiger partial charge in [-0.05, 0) is 48.5 Å². The standard InChI is InChI=1S/C22H15FN4O2/c23-16-4-2-6-18(13-16)27-22(29)26-17-5-1-3-14(11-17)21(28)15-7-8-19-20(12-15)25-10-9-24-19/h1-13H,(H2,26,27,29). The van der Waals surface area contributed by atoms with Crippen LogP contribution in [0.1, 0.15) is 15.9 Å². The molecule has 0 unspecified atom stereocenters. The van der Waals surface area contributed by atoms with Gasteiger partial charge in [-0.3, -0.25) is 14.8 Å². The first-order valence-corrected chi connectivity index (χ1v) is 8.77. The number of urea groups is 1. The lowest BCUT2D eigenvalue weighted by atomic mass is 10.0. The third kappa shape index (κ3) is 4.24. The summed E-state index contributed by atoms with van der Waals surface area (Å²) in [6.45, 7) is 0. The number of fused-ring (bicyclic) bond motifs is 1. The van der Waals surface area contributed by atoms with Crippen LogP contribution in [0.3, 0.4) is 0 Å². The van der Waals surface area contributed by atoms with Crippen molar-refractivity contribution in [2.75, 3.05) is 10.6 Å². The van der Waals surface area contributed by atoms with E-state index in [2.05, 4.69) is 20.6 Å². The van der Waals surface area contributed by atoms with E-state index >= 15 is 0 Å². The lowest BCUT2D eigenvalue weighted by molar-refractivity contribution is 0.103. The molecule has 6 nitrogen and oxygen atoms in total. The summed E-state index contributed by atoms with van der Waals surface area (Å²) in [6, 6.07) is 16.7. The van der Waals surface area contributed by atoms with Crippen molar-refractivity contribution in [1.29, 1.82) is 0 Å². The highest BCUT2D eigenvalue weighted by Crippen LogP contribution is 2.18. The smallest absolute Gasteiger partial charge is 0.308 e. The molecule has 0 aliphatic carbocycles. The normalized spacial score (nSPS) is 10.5. The van der Waals surface area contributed by atoms with Gasteiger partial charge < -0.3 is 10.6 Å². The number of aromatic nitrogens is 2. The number of ketones is 1. The molecule has 29 heavy (non-hydrogen) atoms. The Labute approximate surface area is 165 Å². The molecule has 0 radical (unpaired) electrons. The highest BCUT2D eigenvalue weighted by atomic mass is 19.1. The number of carbonyl (C=O) groups excluding carboxylic acids is 2. The van der Waals surface area contributed by atoms with Crippen LogP contribution in [0.25, 0.3) is 11.0 Å². The highest BCUT2D eigenvalue weighted by Gasteiger charge is 2.12. The lowest BCUT2D eigenvalue weighted by Crippen LogP contribution is -2.19. The third-order valence-electron chi connectivity index (χ3n) is 4.20. The second-order valence-electron chi connectivity index (χ2n) is 6.26. The maximum atomic E-state index is 13.2. The number of anilines is 2. The van der Waals surface area contributed by atoms with Gasteiger partial charge in [0.2, 0.25) is 0 Å². The second-order valence-corrected chi connectivity index (χ2v) is 6.26. The summed E-state index contributed by atoms with van der Waals surface area (Å²) in [5.74, 6) is -0.651. The van der Waals surface area contributed by atoms with Gasteiger partial charge in [0.1, 0.15) is 5.82 Å². The van der Waals surface area contributed by atoms with E-state index in [9.17, 15) is 14.0 Å². The summed E-state index contributed by atoms with van der Waals surface area (Å²) in [5, 5.41) is 5.18. The first kappa shape index (κ1) is 18.2. The molecule has 1 heterocycles. The van der Waals surface area contributed by atoms with Crippen LogP contribution in [0.5, 0.6) is 0 Å². The van der Waals surface area contributed by atoms with Gasteiger partial charge in [0.05, 0.1) is 11.0 Å². The van der Waals surface area contributed by atoms with E-state index in [4.69, 9.17) is 0 Å². The number of nitrogens with one attached hydrogen (secondary N) is 2. The van der Waals surface area contributed by atoms with E-state index in [0.29, 0.717) is 33.5 Å². The maximum Gasteiger partial charge on any atom is 0.323 e. The molecule has 4 rings (SSSR count). The molecule has 142 valence electrons. The predicted molar refractivity (Wildman–Crippen MR) is 108 cm³/mol. The van der Waals surface area contributed by atoms with Gasteiger partial charge in [0, 0.05) is 34.9 Å². The molecule has 0 fully saturated rings. The van der Waals surface area contributed by atoms with E-state index in [0.717, 1.165) is 0 Å². The maximum absolute atomic E-state index is 13.2. The first-order chi connectivity index (χ1) is 14.1. The summed E-state index contributed by atoms with van der Waals surface area (Å²) >= 11 is 0. The molecule has 7 heteroatoms. The van der Waals surface area contributed by atoms with Gasteiger partial charge in [-0.2, -0.15) is 0 Å². The SMILES string of the molecule is O=C(Nc1cccc(F)c1)Nc1cccc(C(=O)c2ccc3nccnc3c2)c1. The largest absolute Gasteiger partial charge is 0.323 e. The minimum absolute atomic E-state index is 0.202. The van der Waals surface area contributed by atoms with Crippen LogP contribution in [-0.4, -0.2) is 21.8 Å². The van der Waals surface area contributed by atoms with Crippen molar-refractivity contribution < 1.29 is 14.0 Å². The fourth-order valence-corrected chi connectivity index (χ4v) is 2.87. The lowest BCUT2D eigenvalue weighted by Gasteiger charge is -2.09. The molecule has 0 saturated carbocycles. The predicted octanol–water partition coefficient (Wildman–Crippen LogP) is 4.64. The third-order valence-corrected chi connectivity index (χ3v) is 4.20. The van der Waals surface area contributed by atoms with Crippen molar-refractivity contribution in [3.8, 4) is 0 Å². The van der Waals surface area contributed by atoms with Crippen LogP contribution < -0.4 is 10.6 Å². The van der Waals surface area contributed by atoms with Crippen LogP contribution in [0.4, 0.5) is 20.6 Å². The quantitative estimate of drug-likeness (QED) is 0.500. The summed E-state index contributed by atoms with van der Waals surface area (Å²) < 4.78 is 13.2. The average molecular weight is 386 g/mol.